The van der Waals surface area contributed by atoms with Crippen LogP contribution in [0.3, 0.4) is 0 Å². The Bertz CT molecular complexity index is 2090. The molecule has 1 amide bonds. The van der Waals surface area contributed by atoms with Gasteiger partial charge in [0, 0.05) is 54.3 Å². The first-order valence-electron chi connectivity index (χ1n) is 17.3. The van der Waals surface area contributed by atoms with Gasteiger partial charge in [-0.1, -0.05) is 25.1 Å². The van der Waals surface area contributed by atoms with Crippen molar-refractivity contribution in [1.29, 1.82) is 0 Å². The molecule has 4 heterocycles. The number of aromatic nitrogens is 3. The van der Waals surface area contributed by atoms with Crippen molar-refractivity contribution in [1.82, 2.24) is 19.9 Å². The largest absolute Gasteiger partial charge is 0.494 e. The lowest BCUT2D eigenvalue weighted by molar-refractivity contribution is -0.226. The van der Waals surface area contributed by atoms with Crippen molar-refractivity contribution < 1.29 is 41.5 Å². The van der Waals surface area contributed by atoms with E-state index in [0.29, 0.717) is 71.5 Å². The van der Waals surface area contributed by atoms with Crippen LogP contribution in [-0.4, -0.2) is 96.9 Å². The summed E-state index contributed by atoms with van der Waals surface area (Å²) in [5, 5.41) is 8.06. The molecule has 18 heteroatoms. The van der Waals surface area contributed by atoms with Gasteiger partial charge in [0.25, 0.3) is 12.2 Å². The van der Waals surface area contributed by atoms with Crippen molar-refractivity contribution in [2.24, 2.45) is 0 Å². The number of pyridine rings is 1. The van der Waals surface area contributed by atoms with Gasteiger partial charge in [-0.05, 0) is 72.6 Å². The number of rotatable bonds is 10. The minimum atomic E-state index is -5.24. The standard InChI is InChI=1S/C36H40BrF3N7O6P/c1-5-21-17-26(44-35-42-19-24(37)31(45-35)43-27-20-41-25-10-7-6-9-23(25)30(27)54(3,4)50)29(51-2)18-28(21)46-14-11-22(12-15-46)47-13-8-16-52-33(32(47)48)53-34(49)36(38,39)40/h6-7,9-10,17-20,22,33H,5,8,11-16H2,1-4H3,(H2,42,43,44,45). The van der Waals surface area contributed by atoms with Crippen LogP contribution in [0.15, 0.2) is 53.3 Å². The topological polar surface area (TPSA) is 148 Å². The second-order valence-electron chi connectivity index (χ2n) is 13.3. The summed E-state index contributed by atoms with van der Waals surface area (Å²) in [5.74, 6) is -1.98. The number of hydrogen-bond acceptors (Lipinski definition) is 12. The number of nitrogens with one attached hydrogen (secondary N) is 2. The van der Waals surface area contributed by atoms with Crippen LogP contribution >= 0.6 is 23.1 Å². The fourth-order valence-corrected chi connectivity index (χ4v) is 8.54. The highest BCUT2D eigenvalue weighted by Crippen LogP contribution is 2.42. The number of amides is 1. The molecule has 1 atom stereocenters. The van der Waals surface area contributed by atoms with Gasteiger partial charge in [-0.2, -0.15) is 18.2 Å². The average molecular weight is 835 g/mol. The number of nitrogens with zero attached hydrogens (tertiary/aromatic N) is 5. The van der Waals surface area contributed by atoms with Crippen molar-refractivity contribution in [3.8, 4) is 5.75 Å². The van der Waals surface area contributed by atoms with Gasteiger partial charge in [0.15, 0.2) is 0 Å². The summed E-state index contributed by atoms with van der Waals surface area (Å²) in [6.07, 6.45) is -1.74. The molecule has 0 aliphatic carbocycles. The Morgan fingerprint density at radius 1 is 1.07 bits per heavy atom. The second-order valence-corrected chi connectivity index (χ2v) is 17.3. The number of esters is 1. The highest BCUT2D eigenvalue weighted by Gasteiger charge is 2.45. The number of aryl methyl sites for hydroxylation is 1. The van der Waals surface area contributed by atoms with Gasteiger partial charge in [-0.25, -0.2) is 9.78 Å². The summed E-state index contributed by atoms with van der Waals surface area (Å²) in [4.78, 5) is 42.0. The summed E-state index contributed by atoms with van der Waals surface area (Å²) in [6, 6.07) is 11.2. The molecule has 2 aliphatic heterocycles. The quantitative estimate of drug-likeness (QED) is 0.129. The Balaban J connectivity index is 1.18. The molecule has 6 rings (SSSR count). The van der Waals surface area contributed by atoms with E-state index in [4.69, 9.17) is 14.5 Å². The Labute approximate surface area is 318 Å². The number of halogens is 4. The minimum Gasteiger partial charge on any atom is -0.494 e. The Hall–Kier alpha value is -4.47. The predicted octanol–water partition coefficient (Wildman–Crippen LogP) is 6.74. The molecular formula is C36H40BrF3N7O6P. The first-order valence-corrected chi connectivity index (χ1v) is 20.7. The Morgan fingerprint density at radius 2 is 1.81 bits per heavy atom. The van der Waals surface area contributed by atoms with Crippen molar-refractivity contribution in [3.05, 3.63) is 58.8 Å². The van der Waals surface area contributed by atoms with Crippen LogP contribution in [0, 0.1) is 0 Å². The monoisotopic (exact) mass is 833 g/mol. The molecule has 2 N–H and O–H groups in total. The number of para-hydroxylation sites is 1. The van der Waals surface area contributed by atoms with E-state index in [1.165, 1.54) is 4.90 Å². The Kier molecular flexibility index (Phi) is 11.7. The predicted molar refractivity (Wildman–Crippen MR) is 203 cm³/mol. The van der Waals surface area contributed by atoms with Crippen LogP contribution < -0.4 is 25.6 Å². The summed E-state index contributed by atoms with van der Waals surface area (Å²) < 4.78 is 68.0. The number of piperidine rings is 1. The first kappa shape index (κ1) is 39.2. The molecule has 288 valence electrons. The molecule has 0 radical (unpaired) electrons. The van der Waals surface area contributed by atoms with E-state index in [2.05, 4.69) is 46.2 Å². The fraction of sp³-hybridized carbons (Fsp3) is 0.417. The summed E-state index contributed by atoms with van der Waals surface area (Å²) in [5.41, 5.74) is 3.91. The number of anilines is 5. The third-order valence-corrected chi connectivity index (χ3v) is 11.4. The molecule has 2 aromatic heterocycles. The molecule has 0 saturated carbocycles. The van der Waals surface area contributed by atoms with Crippen LogP contribution in [0.5, 0.6) is 5.75 Å². The van der Waals surface area contributed by atoms with Gasteiger partial charge in [-0.15, -0.1) is 0 Å². The first-order chi connectivity index (χ1) is 25.7. The zero-order valence-electron chi connectivity index (χ0n) is 30.1. The molecular weight excluding hydrogens is 794 g/mol. The third kappa shape index (κ3) is 8.58. The molecule has 13 nitrogen and oxygen atoms in total. The number of carbonyl (C=O) groups is 2. The Morgan fingerprint density at radius 3 is 2.50 bits per heavy atom. The maximum absolute atomic E-state index is 13.5. The highest BCUT2D eigenvalue weighted by atomic mass is 79.9. The summed E-state index contributed by atoms with van der Waals surface area (Å²) >= 11 is 3.54. The van der Waals surface area contributed by atoms with E-state index in [0.717, 1.165) is 22.2 Å². The molecule has 54 heavy (non-hydrogen) atoms. The van der Waals surface area contributed by atoms with Crippen LogP contribution in [-0.2, 0) is 30.0 Å². The molecule has 0 spiro atoms. The van der Waals surface area contributed by atoms with Crippen LogP contribution in [0.2, 0.25) is 0 Å². The number of ether oxygens (including phenoxy) is 3. The third-order valence-electron chi connectivity index (χ3n) is 9.30. The lowest BCUT2D eigenvalue weighted by atomic mass is 9.99. The SMILES string of the molecule is CCc1cc(Nc2ncc(Br)c(Nc3cnc4ccccc4c3P(C)(C)=O)n2)c(OC)cc1N1CCC(N2CCCOC(OC(=O)C(F)(F)F)C2=O)CC1. The normalized spacial score (nSPS) is 17.3. The van der Waals surface area contributed by atoms with E-state index >= 15 is 0 Å². The minimum absolute atomic E-state index is 0.0101. The van der Waals surface area contributed by atoms with E-state index in [9.17, 15) is 27.3 Å². The van der Waals surface area contributed by atoms with Gasteiger partial charge in [0.2, 0.25) is 5.95 Å². The molecule has 4 aromatic rings. The van der Waals surface area contributed by atoms with E-state index < -0.39 is 31.5 Å². The molecule has 2 aromatic carbocycles. The van der Waals surface area contributed by atoms with Crippen LogP contribution in [0.4, 0.5) is 42.0 Å². The van der Waals surface area contributed by atoms with Crippen LogP contribution in [0.25, 0.3) is 10.9 Å². The fourth-order valence-electron chi connectivity index (χ4n) is 6.79. The highest BCUT2D eigenvalue weighted by molar-refractivity contribution is 9.10. The number of carbonyl (C=O) groups excluding carboxylic acids is 2. The molecule has 2 fully saturated rings. The average Bonchev–Trinajstić information content (AvgIpc) is 3.32. The van der Waals surface area contributed by atoms with Gasteiger partial charge < -0.3 is 39.2 Å². The number of methoxy groups -OCH3 is 1. The summed E-state index contributed by atoms with van der Waals surface area (Å²) in [6.45, 7) is 6.87. The van der Waals surface area contributed by atoms with Crippen LogP contribution in [0.1, 0.15) is 31.7 Å². The van der Waals surface area contributed by atoms with Crippen molar-refractivity contribution in [2.75, 3.05) is 62.2 Å². The van der Waals surface area contributed by atoms with Crippen molar-refractivity contribution in [2.45, 2.75) is 51.1 Å². The maximum Gasteiger partial charge on any atom is 0.491 e. The molecule has 1 unspecified atom stereocenters. The molecule has 2 aliphatic rings. The van der Waals surface area contributed by atoms with Crippen molar-refractivity contribution >= 4 is 80.0 Å². The van der Waals surface area contributed by atoms with Crippen molar-refractivity contribution in [3.63, 3.8) is 0 Å². The zero-order chi connectivity index (χ0) is 38.8. The van der Waals surface area contributed by atoms with Gasteiger partial charge in [0.1, 0.15) is 18.7 Å². The van der Waals surface area contributed by atoms with Gasteiger partial charge in [-0.3, -0.25) is 9.78 Å². The molecule has 2 saturated heterocycles. The molecule has 0 bridgehead atoms. The lowest BCUT2D eigenvalue weighted by Crippen LogP contribution is -2.51. The van der Waals surface area contributed by atoms with E-state index in [1.807, 2.05) is 43.3 Å². The number of alkyl halides is 3. The number of fused-ring (bicyclic) bond motifs is 1. The summed E-state index contributed by atoms with van der Waals surface area (Å²) in [7, 11) is -1.19. The van der Waals surface area contributed by atoms with E-state index in [1.54, 1.807) is 32.8 Å². The smallest absolute Gasteiger partial charge is 0.491 e. The number of hydrogen-bond donors (Lipinski definition) is 2. The van der Waals surface area contributed by atoms with Gasteiger partial charge >= 0.3 is 12.1 Å². The van der Waals surface area contributed by atoms with E-state index in [-0.39, 0.29) is 25.1 Å². The lowest BCUT2D eigenvalue weighted by Gasteiger charge is -2.40. The number of benzene rings is 2. The van der Waals surface area contributed by atoms with Gasteiger partial charge in [0.05, 0.1) is 41.3 Å². The second kappa shape index (κ2) is 16.1. The maximum atomic E-state index is 13.5. The zero-order valence-corrected chi connectivity index (χ0v) is 32.6.